The zero-order valence-electron chi connectivity index (χ0n) is 12.8. The molecule has 0 aliphatic heterocycles. The molecule has 0 atom stereocenters. The Morgan fingerprint density at radius 2 is 2.14 bits per heavy atom. The minimum absolute atomic E-state index is 0.192. The van der Waals surface area contributed by atoms with Gasteiger partial charge < -0.3 is 10.2 Å². The van der Waals surface area contributed by atoms with Gasteiger partial charge in [-0.1, -0.05) is 6.92 Å². The molecule has 0 amide bonds. The Labute approximate surface area is 129 Å². The van der Waals surface area contributed by atoms with Gasteiger partial charge in [0.25, 0.3) is 0 Å². The number of halogens is 1. The van der Waals surface area contributed by atoms with Crippen molar-refractivity contribution in [3.05, 3.63) is 45.7 Å². The van der Waals surface area contributed by atoms with E-state index in [-0.39, 0.29) is 5.82 Å². The van der Waals surface area contributed by atoms with Crippen LogP contribution in [0.4, 0.5) is 10.1 Å². The van der Waals surface area contributed by atoms with Crippen molar-refractivity contribution >= 4 is 17.0 Å². The maximum atomic E-state index is 13.8. The number of nitrogens with zero attached hydrogens (tertiary/aromatic N) is 2. The average molecular weight is 307 g/mol. The van der Waals surface area contributed by atoms with Crippen LogP contribution in [-0.4, -0.2) is 18.6 Å². The third-order valence-corrected chi connectivity index (χ3v) is 4.03. The van der Waals surface area contributed by atoms with Gasteiger partial charge in [0.15, 0.2) is 0 Å². The van der Waals surface area contributed by atoms with Crippen LogP contribution in [0.25, 0.3) is 0 Å². The number of anilines is 1. The van der Waals surface area contributed by atoms with Gasteiger partial charge in [-0.2, -0.15) is 0 Å². The molecule has 21 heavy (non-hydrogen) atoms. The predicted molar refractivity (Wildman–Crippen MR) is 87.4 cm³/mol. The van der Waals surface area contributed by atoms with E-state index in [1.807, 2.05) is 24.9 Å². The summed E-state index contributed by atoms with van der Waals surface area (Å²) >= 11 is 1.64. The lowest BCUT2D eigenvalue weighted by Crippen LogP contribution is -2.18. The molecule has 0 spiro atoms. The second kappa shape index (κ2) is 7.52. The molecule has 0 bridgehead atoms. The maximum absolute atomic E-state index is 13.8. The molecule has 0 radical (unpaired) electrons. The number of nitrogens with one attached hydrogen (secondary N) is 1. The number of aromatic nitrogens is 1. The van der Waals surface area contributed by atoms with Gasteiger partial charge in [-0.25, -0.2) is 9.37 Å². The van der Waals surface area contributed by atoms with Crippen LogP contribution in [-0.2, 0) is 13.1 Å². The Balaban J connectivity index is 2.07. The summed E-state index contributed by atoms with van der Waals surface area (Å²) in [7, 11) is 1.96. The molecule has 1 heterocycles. The minimum atomic E-state index is -0.192. The van der Waals surface area contributed by atoms with E-state index in [9.17, 15) is 4.39 Å². The zero-order valence-corrected chi connectivity index (χ0v) is 13.6. The van der Waals surface area contributed by atoms with E-state index >= 15 is 0 Å². The second-order valence-electron chi connectivity index (χ2n) is 5.21. The lowest BCUT2D eigenvalue weighted by molar-refractivity contribution is 0.618. The summed E-state index contributed by atoms with van der Waals surface area (Å²) in [6.45, 7) is 6.44. The summed E-state index contributed by atoms with van der Waals surface area (Å²) < 4.78 is 13.8. The van der Waals surface area contributed by atoms with Crippen LogP contribution < -0.4 is 10.2 Å². The quantitative estimate of drug-likeness (QED) is 0.790. The summed E-state index contributed by atoms with van der Waals surface area (Å²) in [5.74, 6) is -0.192. The molecule has 1 N–H and O–H groups in total. The fourth-order valence-electron chi connectivity index (χ4n) is 2.18. The Bertz CT molecular complexity index is 583. The number of rotatable bonds is 7. The third-order valence-electron chi connectivity index (χ3n) is 3.20. The highest BCUT2D eigenvalue weighted by Crippen LogP contribution is 2.20. The van der Waals surface area contributed by atoms with Gasteiger partial charge in [-0.3, -0.25) is 0 Å². The van der Waals surface area contributed by atoms with Crippen molar-refractivity contribution in [2.24, 2.45) is 0 Å². The van der Waals surface area contributed by atoms with E-state index in [4.69, 9.17) is 0 Å². The minimum Gasteiger partial charge on any atom is -0.369 e. The van der Waals surface area contributed by atoms with Gasteiger partial charge in [0, 0.05) is 24.7 Å². The number of benzene rings is 1. The van der Waals surface area contributed by atoms with Gasteiger partial charge in [0.05, 0.1) is 17.2 Å². The summed E-state index contributed by atoms with van der Waals surface area (Å²) in [6.07, 6.45) is 1.07. The van der Waals surface area contributed by atoms with Gasteiger partial charge in [0.1, 0.15) is 5.82 Å². The largest absolute Gasteiger partial charge is 0.369 e. The monoisotopic (exact) mass is 307 g/mol. The lowest BCUT2D eigenvalue weighted by Gasteiger charge is -2.19. The molecule has 5 heteroatoms. The SMILES string of the molecule is CCCNCc1cc(F)cc(N(C)Cc2csc(C)n2)c1. The molecule has 0 saturated heterocycles. The fraction of sp³-hybridized carbons (Fsp3) is 0.438. The normalized spacial score (nSPS) is 10.9. The van der Waals surface area contributed by atoms with Crippen molar-refractivity contribution in [1.82, 2.24) is 10.3 Å². The second-order valence-corrected chi connectivity index (χ2v) is 6.27. The summed E-state index contributed by atoms with van der Waals surface area (Å²) in [5, 5.41) is 6.41. The molecule has 2 aromatic rings. The molecule has 2 rings (SSSR count). The fourth-order valence-corrected chi connectivity index (χ4v) is 2.78. The molecule has 3 nitrogen and oxygen atoms in total. The molecule has 0 saturated carbocycles. The number of thiazole rings is 1. The van der Waals surface area contributed by atoms with E-state index in [0.717, 1.165) is 34.9 Å². The first kappa shape index (κ1) is 15.9. The van der Waals surface area contributed by atoms with Crippen LogP contribution in [0.15, 0.2) is 23.6 Å². The van der Waals surface area contributed by atoms with Crippen LogP contribution in [0.2, 0.25) is 0 Å². The molecule has 0 aliphatic rings. The van der Waals surface area contributed by atoms with E-state index in [1.54, 1.807) is 23.5 Å². The summed E-state index contributed by atoms with van der Waals surface area (Å²) in [4.78, 5) is 6.48. The van der Waals surface area contributed by atoms with Crippen molar-refractivity contribution in [2.45, 2.75) is 33.4 Å². The van der Waals surface area contributed by atoms with Crippen LogP contribution in [0.5, 0.6) is 0 Å². The van der Waals surface area contributed by atoms with Crippen LogP contribution in [0.1, 0.15) is 29.6 Å². The smallest absolute Gasteiger partial charge is 0.125 e. The first-order valence-electron chi connectivity index (χ1n) is 7.21. The third kappa shape index (κ3) is 4.79. The Morgan fingerprint density at radius 3 is 2.81 bits per heavy atom. The van der Waals surface area contributed by atoms with E-state index in [2.05, 4.69) is 22.6 Å². The highest BCUT2D eigenvalue weighted by Gasteiger charge is 2.08. The van der Waals surface area contributed by atoms with Crippen molar-refractivity contribution in [1.29, 1.82) is 0 Å². The lowest BCUT2D eigenvalue weighted by atomic mass is 10.1. The summed E-state index contributed by atoms with van der Waals surface area (Å²) in [6, 6.07) is 5.19. The van der Waals surface area contributed by atoms with Crippen molar-refractivity contribution < 1.29 is 4.39 Å². The molecular weight excluding hydrogens is 285 g/mol. The van der Waals surface area contributed by atoms with Crippen LogP contribution >= 0.6 is 11.3 Å². The van der Waals surface area contributed by atoms with Crippen molar-refractivity contribution in [3.8, 4) is 0 Å². The standard InChI is InChI=1S/C16H22FN3S/c1-4-5-18-9-13-6-14(17)8-16(7-13)20(3)10-15-11-21-12(2)19-15/h6-8,11,18H,4-5,9-10H2,1-3H3. The predicted octanol–water partition coefficient (Wildman–Crippen LogP) is 3.73. The molecule has 0 aliphatic carbocycles. The zero-order chi connectivity index (χ0) is 15.2. The van der Waals surface area contributed by atoms with Gasteiger partial charge in [0.2, 0.25) is 0 Å². The first-order chi connectivity index (χ1) is 10.1. The molecule has 1 aromatic heterocycles. The summed E-state index contributed by atoms with van der Waals surface area (Å²) in [5.41, 5.74) is 2.88. The molecule has 1 aromatic carbocycles. The number of aryl methyl sites for hydroxylation is 1. The highest BCUT2D eigenvalue weighted by atomic mass is 32.1. The number of hydrogen-bond donors (Lipinski definition) is 1. The molecule has 0 unspecified atom stereocenters. The van der Waals surface area contributed by atoms with Gasteiger partial charge >= 0.3 is 0 Å². The van der Waals surface area contributed by atoms with Crippen LogP contribution in [0, 0.1) is 12.7 Å². The Hall–Kier alpha value is -1.46. The maximum Gasteiger partial charge on any atom is 0.125 e. The van der Waals surface area contributed by atoms with Crippen molar-refractivity contribution in [3.63, 3.8) is 0 Å². The van der Waals surface area contributed by atoms with Crippen LogP contribution in [0.3, 0.4) is 0 Å². The Morgan fingerprint density at radius 1 is 1.33 bits per heavy atom. The number of hydrogen-bond acceptors (Lipinski definition) is 4. The topological polar surface area (TPSA) is 28.2 Å². The molecule has 0 fully saturated rings. The van der Waals surface area contributed by atoms with E-state index in [1.165, 1.54) is 0 Å². The van der Waals surface area contributed by atoms with E-state index < -0.39 is 0 Å². The first-order valence-corrected chi connectivity index (χ1v) is 8.08. The average Bonchev–Trinajstić information content (AvgIpc) is 2.84. The molecule has 114 valence electrons. The van der Waals surface area contributed by atoms with Crippen molar-refractivity contribution in [2.75, 3.05) is 18.5 Å². The Kier molecular flexibility index (Phi) is 5.70. The van der Waals surface area contributed by atoms with Gasteiger partial charge in [-0.15, -0.1) is 11.3 Å². The van der Waals surface area contributed by atoms with E-state index in [0.29, 0.717) is 13.1 Å². The highest BCUT2D eigenvalue weighted by molar-refractivity contribution is 7.09. The molecular formula is C16H22FN3S. The van der Waals surface area contributed by atoms with Gasteiger partial charge in [-0.05, 0) is 43.7 Å².